The third-order valence-corrected chi connectivity index (χ3v) is 6.70. The van der Waals surface area contributed by atoms with Crippen LogP contribution in [0.5, 0.6) is 0 Å². The molecule has 168 valence electrons. The summed E-state index contributed by atoms with van der Waals surface area (Å²) in [5, 5.41) is 20.3. The molecule has 3 unspecified atom stereocenters. The third kappa shape index (κ3) is 3.43. The molecule has 1 fully saturated rings. The number of rotatable bonds is 5. The molecule has 2 aromatic heterocycles. The molecule has 5 rings (SSSR count). The number of methoxy groups -OCH3 is 1. The number of aromatic nitrogens is 2. The zero-order chi connectivity index (χ0) is 22.4. The van der Waals surface area contributed by atoms with Crippen LogP contribution in [0.25, 0.3) is 10.9 Å². The number of hydrogen-bond donors (Lipinski definition) is 2. The van der Waals surface area contributed by atoms with Crippen LogP contribution in [0.15, 0.2) is 47.4 Å². The summed E-state index contributed by atoms with van der Waals surface area (Å²) in [6.07, 6.45) is 2.88. The van der Waals surface area contributed by atoms with E-state index < -0.39 is 10.8 Å². The highest BCUT2D eigenvalue weighted by Crippen LogP contribution is 2.36. The van der Waals surface area contributed by atoms with E-state index >= 15 is 0 Å². The summed E-state index contributed by atoms with van der Waals surface area (Å²) >= 11 is 0. The lowest BCUT2D eigenvalue weighted by Crippen LogP contribution is -3.00. The molecule has 4 heterocycles. The molecule has 1 saturated heterocycles. The van der Waals surface area contributed by atoms with Gasteiger partial charge in [0.15, 0.2) is 0 Å². The van der Waals surface area contributed by atoms with Crippen LogP contribution in [0, 0.1) is 11.1 Å². The molecule has 0 saturated carbocycles. The molecule has 2 N–H and O–H groups in total. The van der Waals surface area contributed by atoms with E-state index in [0.717, 1.165) is 29.6 Å². The van der Waals surface area contributed by atoms with Crippen molar-refractivity contribution in [1.82, 2.24) is 14.0 Å². The predicted octanol–water partition coefficient (Wildman–Crippen LogP) is 1.11. The van der Waals surface area contributed by atoms with E-state index in [0.29, 0.717) is 31.8 Å². The van der Waals surface area contributed by atoms with E-state index in [-0.39, 0.29) is 23.4 Å². The summed E-state index contributed by atoms with van der Waals surface area (Å²) in [6.45, 7) is 2.82. The number of pyridine rings is 1. The van der Waals surface area contributed by atoms with Gasteiger partial charge in [-0.25, -0.2) is 5.21 Å². The Labute approximate surface area is 184 Å². The maximum atomic E-state index is 13.5. The fraction of sp³-hybridized carbons (Fsp3) is 0.391. The standard InChI is InChI=1S/C23H26N4O5/c1-32-10-9-24-8-7-17-18(3-2-4-20(17)24)22(28)25-12-15-11-16(14-25)19-5-6-21(27(30)31)23(29)26(19)13-15/h2-8,15-16,27,30H,9-14H2,1H3. The second-order valence-corrected chi connectivity index (χ2v) is 8.64. The number of nitrogens with one attached hydrogen (secondary N) is 1. The highest BCUT2D eigenvalue weighted by atomic mass is 16.8. The zero-order valence-electron chi connectivity index (χ0n) is 17.9. The number of carbonyl (C=O) groups excluding carboxylic acids is 1. The molecule has 0 aliphatic carbocycles. The van der Waals surface area contributed by atoms with E-state index in [4.69, 9.17) is 4.74 Å². The molecular weight excluding hydrogens is 412 g/mol. The number of nitrogens with zero attached hydrogens (tertiary/aromatic N) is 3. The van der Waals surface area contributed by atoms with Gasteiger partial charge in [0.1, 0.15) is 0 Å². The molecule has 1 amide bonds. The second-order valence-electron chi connectivity index (χ2n) is 8.64. The highest BCUT2D eigenvalue weighted by molar-refractivity contribution is 6.06. The molecule has 2 aliphatic heterocycles. The molecule has 3 atom stereocenters. The van der Waals surface area contributed by atoms with Crippen molar-refractivity contribution in [3.05, 3.63) is 69.4 Å². The van der Waals surface area contributed by atoms with Gasteiger partial charge < -0.3 is 24.0 Å². The van der Waals surface area contributed by atoms with Gasteiger partial charge in [-0.2, -0.15) is 5.23 Å². The molecule has 9 heteroatoms. The lowest BCUT2D eigenvalue weighted by Gasteiger charge is -2.43. The first kappa shape index (κ1) is 20.9. The fourth-order valence-corrected chi connectivity index (χ4v) is 5.24. The first-order chi connectivity index (χ1) is 15.5. The maximum absolute atomic E-state index is 13.5. The minimum absolute atomic E-state index is 0.00672. The Morgan fingerprint density at radius 2 is 2.06 bits per heavy atom. The van der Waals surface area contributed by atoms with Gasteiger partial charge in [0.05, 0.1) is 6.61 Å². The number of piperidine rings is 1. The van der Waals surface area contributed by atoms with Crippen LogP contribution in [0.3, 0.4) is 0 Å². The van der Waals surface area contributed by atoms with E-state index in [9.17, 15) is 20.0 Å². The fourth-order valence-electron chi connectivity index (χ4n) is 5.24. The summed E-state index contributed by atoms with van der Waals surface area (Å²) in [6, 6.07) is 10.9. The quantitative estimate of drug-likeness (QED) is 0.581. The van der Waals surface area contributed by atoms with Gasteiger partial charge in [0.25, 0.3) is 5.91 Å². The van der Waals surface area contributed by atoms with E-state index in [1.807, 2.05) is 35.4 Å². The van der Waals surface area contributed by atoms with Crippen LogP contribution in [0.1, 0.15) is 28.4 Å². The largest absolute Gasteiger partial charge is 0.595 e. The summed E-state index contributed by atoms with van der Waals surface area (Å²) < 4.78 is 8.87. The molecule has 1 aromatic carbocycles. The van der Waals surface area contributed by atoms with Crippen LogP contribution in [0.4, 0.5) is 5.69 Å². The van der Waals surface area contributed by atoms with Crippen molar-refractivity contribution in [1.29, 1.82) is 0 Å². The van der Waals surface area contributed by atoms with Crippen molar-refractivity contribution in [2.24, 2.45) is 5.92 Å². The van der Waals surface area contributed by atoms with Gasteiger partial charge >= 0.3 is 5.56 Å². The Morgan fingerprint density at radius 1 is 1.22 bits per heavy atom. The van der Waals surface area contributed by atoms with Crippen LogP contribution in [-0.2, 0) is 17.8 Å². The van der Waals surface area contributed by atoms with E-state index in [1.165, 1.54) is 6.07 Å². The number of likely N-dealkylation sites (tertiary alicyclic amines) is 1. The topological polar surface area (TPSA) is 104 Å². The summed E-state index contributed by atoms with van der Waals surface area (Å²) in [5.74, 6) is 0.137. The minimum Gasteiger partial charge on any atom is -0.595 e. The normalized spacial score (nSPS) is 20.9. The van der Waals surface area contributed by atoms with Crippen molar-refractivity contribution in [2.75, 3.05) is 26.8 Å². The second kappa shape index (κ2) is 8.18. The van der Waals surface area contributed by atoms with Crippen molar-refractivity contribution in [2.45, 2.75) is 25.4 Å². The van der Waals surface area contributed by atoms with Crippen molar-refractivity contribution in [3.8, 4) is 0 Å². The average molecular weight is 438 g/mol. The zero-order valence-corrected chi connectivity index (χ0v) is 17.9. The van der Waals surface area contributed by atoms with Crippen molar-refractivity contribution < 1.29 is 20.0 Å². The minimum atomic E-state index is -1.21. The SMILES string of the molecule is COCCn1ccc2c(C(=O)N3CC4CC(C3)c3ccc([NH+]([O-])O)c(=O)n3C4)cccc21. The number of benzene rings is 1. The molecule has 9 nitrogen and oxygen atoms in total. The molecule has 2 bridgehead atoms. The molecule has 0 radical (unpaired) electrons. The van der Waals surface area contributed by atoms with Gasteiger partial charge in [-0.1, -0.05) is 6.07 Å². The first-order valence-electron chi connectivity index (χ1n) is 10.8. The van der Waals surface area contributed by atoms with E-state index in [1.54, 1.807) is 17.7 Å². The van der Waals surface area contributed by atoms with Gasteiger partial charge in [-0.05, 0) is 36.6 Å². The summed E-state index contributed by atoms with van der Waals surface area (Å²) in [4.78, 5) is 28.1. The monoisotopic (exact) mass is 438 g/mol. The van der Waals surface area contributed by atoms with Crippen molar-refractivity contribution in [3.63, 3.8) is 0 Å². The van der Waals surface area contributed by atoms with Crippen LogP contribution < -0.4 is 10.8 Å². The summed E-state index contributed by atoms with van der Waals surface area (Å²) in [7, 11) is 1.67. The summed E-state index contributed by atoms with van der Waals surface area (Å²) in [5.41, 5.74) is 1.84. The Morgan fingerprint density at radius 3 is 2.84 bits per heavy atom. The smallest absolute Gasteiger partial charge is 0.315 e. The molecule has 0 spiro atoms. The number of fused-ring (bicyclic) bond motifs is 5. The van der Waals surface area contributed by atoms with Gasteiger partial charge in [0, 0.05) is 73.6 Å². The average Bonchev–Trinajstić information content (AvgIpc) is 3.20. The Kier molecular flexibility index (Phi) is 5.34. The Hall–Kier alpha value is -2.98. The maximum Gasteiger partial charge on any atom is 0.315 e. The third-order valence-electron chi connectivity index (χ3n) is 6.70. The van der Waals surface area contributed by atoms with Gasteiger partial charge in [-0.3, -0.25) is 9.59 Å². The molecule has 2 aliphatic rings. The number of carbonyl (C=O) groups is 1. The number of quaternary nitrogens is 1. The number of hydrogen-bond acceptors (Lipinski definition) is 5. The van der Waals surface area contributed by atoms with Gasteiger partial charge in [0.2, 0.25) is 5.69 Å². The van der Waals surface area contributed by atoms with Crippen molar-refractivity contribution >= 4 is 22.5 Å². The Balaban J connectivity index is 1.44. The first-order valence-corrected chi connectivity index (χ1v) is 10.8. The van der Waals surface area contributed by atoms with Crippen LogP contribution in [0.2, 0.25) is 0 Å². The highest BCUT2D eigenvalue weighted by Gasteiger charge is 2.37. The number of amides is 1. The predicted molar refractivity (Wildman–Crippen MR) is 117 cm³/mol. The lowest BCUT2D eigenvalue weighted by atomic mass is 9.83. The van der Waals surface area contributed by atoms with Crippen LogP contribution in [-0.4, -0.2) is 52.0 Å². The molecular formula is C23H26N4O5. The van der Waals surface area contributed by atoms with Crippen LogP contribution >= 0.6 is 0 Å². The lowest BCUT2D eigenvalue weighted by molar-refractivity contribution is -0.992. The molecule has 3 aromatic rings. The van der Waals surface area contributed by atoms with Gasteiger partial charge in [-0.15, -0.1) is 0 Å². The Bertz CT molecular complexity index is 1230. The van der Waals surface area contributed by atoms with E-state index in [2.05, 4.69) is 4.57 Å². The molecule has 32 heavy (non-hydrogen) atoms. The number of ether oxygens (including phenoxy) is 1.